The summed E-state index contributed by atoms with van der Waals surface area (Å²) in [6.45, 7) is 3.70. The highest BCUT2D eigenvalue weighted by Gasteiger charge is 2.37. The normalized spacial score (nSPS) is 13.2. The second kappa shape index (κ2) is 7.54. The number of hydrogen-bond acceptors (Lipinski definition) is 2. The second-order valence-corrected chi connectivity index (χ2v) is 4.70. The molecule has 0 spiro atoms. The van der Waals surface area contributed by atoms with Crippen molar-refractivity contribution >= 4 is 5.78 Å². The smallest absolute Gasteiger partial charge is 0.366 e. The van der Waals surface area contributed by atoms with Gasteiger partial charge in [0.2, 0.25) is 0 Å². The third kappa shape index (κ3) is 4.81. The highest BCUT2D eigenvalue weighted by molar-refractivity contribution is 5.84. The summed E-state index contributed by atoms with van der Waals surface area (Å²) in [4.78, 5) is 12.0. The van der Waals surface area contributed by atoms with E-state index >= 15 is 0 Å². The molecule has 6 heteroatoms. The number of carbonyl (C=O) groups is 1. The van der Waals surface area contributed by atoms with E-state index in [0.717, 1.165) is 12.1 Å². The van der Waals surface area contributed by atoms with Gasteiger partial charge in [0.25, 0.3) is 0 Å². The Kier molecular flexibility index (Phi) is 6.33. The van der Waals surface area contributed by atoms with E-state index in [1.165, 1.54) is 0 Å². The summed E-state index contributed by atoms with van der Waals surface area (Å²) in [7, 11) is 0. The summed E-state index contributed by atoms with van der Waals surface area (Å²) in [6, 6.07) is 2.29. The Morgan fingerprint density at radius 1 is 1.24 bits per heavy atom. The molecule has 0 aliphatic carbocycles. The number of hydrogen-bond donors (Lipinski definition) is 0. The molecule has 0 saturated carbocycles. The average Bonchev–Trinajstić information content (AvgIpc) is 2.39. The summed E-state index contributed by atoms with van der Waals surface area (Å²) in [5.74, 6) is -1.42. The lowest BCUT2D eigenvalue weighted by atomic mass is 9.96. The van der Waals surface area contributed by atoms with Crippen molar-refractivity contribution < 1.29 is 27.1 Å². The molecule has 0 heterocycles. The molecule has 0 saturated heterocycles. The largest absolute Gasteiger partial charge is 0.416 e. The van der Waals surface area contributed by atoms with Gasteiger partial charge in [-0.05, 0) is 25.0 Å². The van der Waals surface area contributed by atoms with Crippen LogP contribution in [0.1, 0.15) is 50.3 Å². The summed E-state index contributed by atoms with van der Waals surface area (Å²) >= 11 is 0. The Labute approximate surface area is 121 Å². The van der Waals surface area contributed by atoms with Gasteiger partial charge >= 0.3 is 6.18 Å². The zero-order valence-electron chi connectivity index (χ0n) is 12.0. The van der Waals surface area contributed by atoms with Crippen LogP contribution in [0.15, 0.2) is 18.2 Å². The fourth-order valence-corrected chi connectivity index (χ4v) is 1.97. The monoisotopic (exact) mass is 306 g/mol. The van der Waals surface area contributed by atoms with Crippen LogP contribution in [-0.2, 0) is 15.7 Å². The van der Waals surface area contributed by atoms with Crippen molar-refractivity contribution in [2.45, 2.75) is 45.4 Å². The first kappa shape index (κ1) is 17.6. The maximum absolute atomic E-state index is 13.1. The molecule has 1 rings (SSSR count). The molecular formula is C15H18F4O2. The van der Waals surface area contributed by atoms with E-state index < -0.39 is 29.4 Å². The van der Waals surface area contributed by atoms with E-state index in [1.807, 2.05) is 0 Å². The third-order valence-corrected chi connectivity index (χ3v) is 2.88. The molecule has 1 aromatic rings. The van der Waals surface area contributed by atoms with Gasteiger partial charge in [-0.15, -0.1) is 0 Å². The minimum Gasteiger partial charge on any atom is -0.366 e. The number of ether oxygens (including phenoxy) is 1. The third-order valence-electron chi connectivity index (χ3n) is 2.88. The van der Waals surface area contributed by atoms with Crippen LogP contribution in [-0.4, -0.2) is 12.4 Å². The molecule has 2 nitrogen and oxygen atoms in total. The number of rotatable bonds is 7. The van der Waals surface area contributed by atoms with Gasteiger partial charge in [0.15, 0.2) is 5.78 Å². The van der Waals surface area contributed by atoms with Crippen molar-refractivity contribution in [1.82, 2.24) is 0 Å². The van der Waals surface area contributed by atoms with Crippen molar-refractivity contribution in [1.29, 1.82) is 0 Å². The number of halogens is 4. The highest BCUT2D eigenvalue weighted by Crippen LogP contribution is 2.37. The van der Waals surface area contributed by atoms with Gasteiger partial charge in [-0.25, -0.2) is 4.39 Å². The van der Waals surface area contributed by atoms with Crippen molar-refractivity contribution in [2.24, 2.45) is 0 Å². The molecule has 0 fully saturated rings. The maximum Gasteiger partial charge on any atom is 0.416 e. The first-order chi connectivity index (χ1) is 9.81. The Morgan fingerprint density at radius 3 is 2.43 bits per heavy atom. The van der Waals surface area contributed by atoms with Crippen LogP contribution in [0.4, 0.5) is 17.6 Å². The molecule has 0 aromatic heterocycles. The van der Waals surface area contributed by atoms with Crippen LogP contribution in [0.2, 0.25) is 0 Å². The van der Waals surface area contributed by atoms with Gasteiger partial charge in [-0.3, -0.25) is 4.79 Å². The predicted octanol–water partition coefficient (Wildman–Crippen LogP) is 4.68. The molecule has 0 aliphatic rings. The van der Waals surface area contributed by atoms with Gasteiger partial charge in [0.05, 0.1) is 5.56 Å². The first-order valence-electron chi connectivity index (χ1n) is 6.82. The number of carbonyl (C=O) groups excluding carboxylic acids is 1. The standard InChI is InChI=1S/C15H18F4O2/c1-3-5-13(20)14(21-8-4-2)11-7-6-10(16)9-12(11)15(17,18)19/h6-7,9,14H,3-5,8H2,1-2H3. The predicted molar refractivity (Wildman–Crippen MR) is 70.3 cm³/mol. The number of alkyl halides is 3. The highest BCUT2D eigenvalue weighted by atomic mass is 19.4. The molecule has 0 N–H and O–H groups in total. The quantitative estimate of drug-likeness (QED) is 0.684. The molecule has 118 valence electrons. The number of ketones is 1. The lowest BCUT2D eigenvalue weighted by Crippen LogP contribution is -2.21. The lowest BCUT2D eigenvalue weighted by molar-refractivity contribution is -0.141. The van der Waals surface area contributed by atoms with Crippen LogP contribution >= 0.6 is 0 Å². The zero-order valence-corrected chi connectivity index (χ0v) is 12.0. The molecule has 0 aliphatic heterocycles. The Balaban J connectivity index is 3.26. The summed E-state index contributed by atoms with van der Waals surface area (Å²) in [5.41, 5.74) is -1.48. The van der Waals surface area contributed by atoms with E-state index in [0.29, 0.717) is 18.9 Å². The van der Waals surface area contributed by atoms with E-state index in [9.17, 15) is 22.4 Å². The lowest BCUT2D eigenvalue weighted by Gasteiger charge is -2.21. The van der Waals surface area contributed by atoms with Gasteiger partial charge in [0, 0.05) is 18.6 Å². The van der Waals surface area contributed by atoms with Crippen LogP contribution in [0.3, 0.4) is 0 Å². The van der Waals surface area contributed by atoms with E-state index in [4.69, 9.17) is 4.74 Å². The Hall–Kier alpha value is -1.43. The summed E-state index contributed by atoms with van der Waals surface area (Å²) in [5, 5.41) is 0. The maximum atomic E-state index is 13.1. The van der Waals surface area contributed by atoms with Crippen molar-refractivity contribution in [3.63, 3.8) is 0 Å². The topological polar surface area (TPSA) is 26.3 Å². The number of benzene rings is 1. The molecule has 1 atom stereocenters. The first-order valence-corrected chi connectivity index (χ1v) is 6.82. The van der Waals surface area contributed by atoms with Crippen LogP contribution in [0.5, 0.6) is 0 Å². The molecule has 0 radical (unpaired) electrons. The van der Waals surface area contributed by atoms with Gasteiger partial charge in [0.1, 0.15) is 11.9 Å². The fourth-order valence-electron chi connectivity index (χ4n) is 1.97. The fraction of sp³-hybridized carbons (Fsp3) is 0.533. The molecule has 1 aromatic carbocycles. The van der Waals surface area contributed by atoms with E-state index in [1.54, 1.807) is 13.8 Å². The second-order valence-electron chi connectivity index (χ2n) is 4.70. The van der Waals surface area contributed by atoms with Gasteiger partial charge < -0.3 is 4.74 Å². The van der Waals surface area contributed by atoms with Crippen LogP contribution in [0.25, 0.3) is 0 Å². The van der Waals surface area contributed by atoms with Gasteiger partial charge in [-0.2, -0.15) is 13.2 Å². The van der Waals surface area contributed by atoms with Crippen LogP contribution < -0.4 is 0 Å². The molecule has 0 amide bonds. The van der Waals surface area contributed by atoms with E-state index in [-0.39, 0.29) is 18.6 Å². The summed E-state index contributed by atoms with van der Waals surface area (Å²) < 4.78 is 57.5. The molecule has 0 bridgehead atoms. The van der Waals surface area contributed by atoms with E-state index in [2.05, 4.69) is 0 Å². The van der Waals surface area contributed by atoms with Crippen molar-refractivity contribution in [3.8, 4) is 0 Å². The molecule has 21 heavy (non-hydrogen) atoms. The SMILES string of the molecule is CCCOC(C(=O)CCC)c1ccc(F)cc1C(F)(F)F. The minimum atomic E-state index is -4.74. The minimum absolute atomic E-state index is 0.114. The zero-order chi connectivity index (χ0) is 16.0. The molecular weight excluding hydrogens is 288 g/mol. The van der Waals surface area contributed by atoms with Crippen molar-refractivity contribution in [3.05, 3.63) is 35.1 Å². The Morgan fingerprint density at radius 2 is 1.90 bits per heavy atom. The van der Waals surface area contributed by atoms with Crippen molar-refractivity contribution in [2.75, 3.05) is 6.61 Å². The Bertz CT molecular complexity index is 483. The summed E-state index contributed by atoms with van der Waals surface area (Å²) in [6.07, 6.45) is -4.85. The molecule has 1 unspecified atom stereocenters. The number of Topliss-reactive ketones (excluding diaryl/α,β-unsaturated/α-hetero) is 1. The van der Waals surface area contributed by atoms with Crippen LogP contribution in [0, 0.1) is 5.82 Å². The van der Waals surface area contributed by atoms with Gasteiger partial charge in [-0.1, -0.05) is 19.9 Å². The average molecular weight is 306 g/mol.